The van der Waals surface area contributed by atoms with Gasteiger partial charge in [-0.1, -0.05) is 26.0 Å². The van der Waals surface area contributed by atoms with Crippen LogP contribution in [0.3, 0.4) is 0 Å². The lowest BCUT2D eigenvalue weighted by Crippen LogP contribution is -1.92. The van der Waals surface area contributed by atoms with Gasteiger partial charge in [0.05, 0.1) is 0 Å². The van der Waals surface area contributed by atoms with Crippen LogP contribution >= 0.6 is 0 Å². The minimum absolute atomic E-state index is 0.191. The van der Waals surface area contributed by atoms with E-state index in [9.17, 15) is 9.18 Å². The van der Waals surface area contributed by atoms with Gasteiger partial charge in [0.15, 0.2) is 0 Å². The summed E-state index contributed by atoms with van der Waals surface area (Å²) in [5, 5.41) is 0. The molecule has 0 amide bonds. The zero-order chi connectivity index (χ0) is 11.7. The standard InChI is InChI=1S/C11H13FO.C2H6/c1-9(13)4-2-5-10-6-3-7-11(12)8-10;1-2/h3,6-8H,2,4-5H2,1H3;1-2H3. The number of ketones is 1. The first-order valence-corrected chi connectivity index (χ1v) is 5.42. The first-order chi connectivity index (χ1) is 7.18. The monoisotopic (exact) mass is 210 g/mol. The Morgan fingerprint density at radius 1 is 1.33 bits per heavy atom. The van der Waals surface area contributed by atoms with E-state index in [2.05, 4.69) is 0 Å². The van der Waals surface area contributed by atoms with E-state index >= 15 is 0 Å². The molecule has 0 aliphatic rings. The number of carbonyl (C=O) groups excluding carboxylic acids is 1. The third-order valence-electron chi connectivity index (χ3n) is 1.88. The fourth-order valence-corrected chi connectivity index (χ4v) is 1.23. The second kappa shape index (κ2) is 8.16. The van der Waals surface area contributed by atoms with E-state index < -0.39 is 0 Å². The lowest BCUT2D eigenvalue weighted by atomic mass is 10.1. The molecule has 0 aromatic heterocycles. The van der Waals surface area contributed by atoms with Crippen molar-refractivity contribution >= 4 is 5.78 Å². The Kier molecular flexibility index (Phi) is 7.51. The highest BCUT2D eigenvalue weighted by Crippen LogP contribution is 2.07. The van der Waals surface area contributed by atoms with Crippen LogP contribution in [-0.2, 0) is 11.2 Å². The highest BCUT2D eigenvalue weighted by atomic mass is 19.1. The van der Waals surface area contributed by atoms with Crippen molar-refractivity contribution in [2.45, 2.75) is 40.0 Å². The fraction of sp³-hybridized carbons (Fsp3) is 0.462. The lowest BCUT2D eigenvalue weighted by molar-refractivity contribution is -0.117. The summed E-state index contributed by atoms with van der Waals surface area (Å²) in [6.45, 7) is 5.57. The van der Waals surface area contributed by atoms with Gasteiger partial charge in [0.1, 0.15) is 11.6 Å². The average molecular weight is 210 g/mol. The Hall–Kier alpha value is -1.18. The predicted molar refractivity (Wildman–Crippen MR) is 61.4 cm³/mol. The molecule has 0 unspecified atom stereocenters. The predicted octanol–water partition coefficient (Wildman–Crippen LogP) is 3.76. The molecule has 84 valence electrons. The maximum Gasteiger partial charge on any atom is 0.129 e. The van der Waals surface area contributed by atoms with E-state index in [1.165, 1.54) is 12.1 Å². The van der Waals surface area contributed by atoms with Gasteiger partial charge in [-0.3, -0.25) is 0 Å². The SMILES string of the molecule is CC.CC(=O)CCCc1cccc(F)c1. The van der Waals surface area contributed by atoms with Crippen LogP contribution in [0.25, 0.3) is 0 Å². The largest absolute Gasteiger partial charge is 0.300 e. The summed E-state index contributed by atoms with van der Waals surface area (Å²) in [5.41, 5.74) is 0.959. The molecule has 1 rings (SSSR count). The zero-order valence-electron chi connectivity index (χ0n) is 9.72. The maximum atomic E-state index is 12.7. The molecule has 0 aliphatic heterocycles. The Bertz CT molecular complexity index is 294. The normalized spacial score (nSPS) is 9.07. The van der Waals surface area contributed by atoms with E-state index in [1.807, 2.05) is 19.9 Å². The summed E-state index contributed by atoms with van der Waals surface area (Å²) >= 11 is 0. The van der Waals surface area contributed by atoms with Crippen LogP contribution in [0.2, 0.25) is 0 Å². The van der Waals surface area contributed by atoms with Gasteiger partial charge >= 0.3 is 0 Å². The molecular weight excluding hydrogens is 191 g/mol. The van der Waals surface area contributed by atoms with Gasteiger partial charge in [0.25, 0.3) is 0 Å². The van der Waals surface area contributed by atoms with Gasteiger partial charge in [-0.2, -0.15) is 0 Å². The molecule has 0 radical (unpaired) electrons. The highest BCUT2D eigenvalue weighted by Gasteiger charge is 1.97. The van der Waals surface area contributed by atoms with Gasteiger partial charge < -0.3 is 4.79 Å². The van der Waals surface area contributed by atoms with Crippen LogP contribution < -0.4 is 0 Å². The van der Waals surface area contributed by atoms with Crippen molar-refractivity contribution in [3.63, 3.8) is 0 Å². The lowest BCUT2D eigenvalue weighted by Gasteiger charge is -1.99. The van der Waals surface area contributed by atoms with Crippen LogP contribution in [0.4, 0.5) is 4.39 Å². The third-order valence-corrected chi connectivity index (χ3v) is 1.88. The second-order valence-corrected chi connectivity index (χ2v) is 3.19. The third kappa shape index (κ3) is 6.83. The molecule has 0 N–H and O–H groups in total. The minimum atomic E-state index is -0.208. The van der Waals surface area contributed by atoms with Crippen molar-refractivity contribution in [3.8, 4) is 0 Å². The van der Waals surface area contributed by atoms with Gasteiger partial charge in [-0.25, -0.2) is 4.39 Å². The number of benzene rings is 1. The van der Waals surface area contributed by atoms with Crippen molar-refractivity contribution in [3.05, 3.63) is 35.6 Å². The number of aryl methyl sites for hydroxylation is 1. The van der Waals surface area contributed by atoms with Crippen molar-refractivity contribution in [1.82, 2.24) is 0 Å². The topological polar surface area (TPSA) is 17.1 Å². The molecule has 0 saturated heterocycles. The summed E-state index contributed by atoms with van der Waals surface area (Å²) in [5.74, 6) is -0.0169. The number of hydrogen-bond donors (Lipinski definition) is 0. The number of carbonyl (C=O) groups is 1. The molecule has 0 heterocycles. The molecule has 0 bridgehead atoms. The summed E-state index contributed by atoms with van der Waals surface area (Å²) in [7, 11) is 0. The Morgan fingerprint density at radius 3 is 2.53 bits per heavy atom. The van der Waals surface area contributed by atoms with Crippen molar-refractivity contribution in [2.75, 3.05) is 0 Å². The second-order valence-electron chi connectivity index (χ2n) is 3.19. The van der Waals surface area contributed by atoms with Crippen molar-refractivity contribution in [2.24, 2.45) is 0 Å². The molecule has 0 fully saturated rings. The number of halogens is 1. The van der Waals surface area contributed by atoms with Gasteiger partial charge in [-0.05, 0) is 37.5 Å². The minimum Gasteiger partial charge on any atom is -0.300 e. The van der Waals surface area contributed by atoms with E-state index in [0.29, 0.717) is 6.42 Å². The molecular formula is C13H19FO. The summed E-state index contributed by atoms with van der Waals surface area (Å²) < 4.78 is 12.7. The smallest absolute Gasteiger partial charge is 0.129 e. The van der Waals surface area contributed by atoms with E-state index in [-0.39, 0.29) is 11.6 Å². The number of Topliss-reactive ketones (excluding diaryl/α,β-unsaturated/α-hetero) is 1. The summed E-state index contributed by atoms with van der Waals surface area (Å²) in [6.07, 6.45) is 2.16. The Labute approximate surface area is 91.3 Å². The Balaban J connectivity index is 0.000000921. The molecule has 1 aromatic carbocycles. The summed E-state index contributed by atoms with van der Waals surface area (Å²) in [4.78, 5) is 10.6. The quantitative estimate of drug-likeness (QED) is 0.739. The van der Waals surface area contributed by atoms with E-state index in [4.69, 9.17) is 0 Å². The van der Waals surface area contributed by atoms with Crippen LogP contribution in [0.5, 0.6) is 0 Å². The van der Waals surface area contributed by atoms with E-state index in [0.717, 1.165) is 18.4 Å². The Morgan fingerprint density at radius 2 is 2.00 bits per heavy atom. The average Bonchev–Trinajstić information content (AvgIpc) is 2.20. The number of rotatable bonds is 4. The van der Waals surface area contributed by atoms with Gasteiger partial charge in [0.2, 0.25) is 0 Å². The molecule has 1 nitrogen and oxygen atoms in total. The van der Waals surface area contributed by atoms with Crippen molar-refractivity contribution in [1.29, 1.82) is 0 Å². The molecule has 15 heavy (non-hydrogen) atoms. The molecule has 0 saturated carbocycles. The molecule has 0 atom stereocenters. The number of hydrogen-bond acceptors (Lipinski definition) is 1. The van der Waals surface area contributed by atoms with Crippen LogP contribution in [0.1, 0.15) is 39.2 Å². The zero-order valence-corrected chi connectivity index (χ0v) is 9.72. The first kappa shape index (κ1) is 13.8. The van der Waals surface area contributed by atoms with Crippen LogP contribution in [0, 0.1) is 5.82 Å². The van der Waals surface area contributed by atoms with Crippen LogP contribution in [-0.4, -0.2) is 5.78 Å². The van der Waals surface area contributed by atoms with Crippen molar-refractivity contribution < 1.29 is 9.18 Å². The maximum absolute atomic E-state index is 12.7. The molecule has 0 aliphatic carbocycles. The first-order valence-electron chi connectivity index (χ1n) is 5.42. The summed E-state index contributed by atoms with van der Waals surface area (Å²) in [6, 6.07) is 6.51. The molecule has 2 heteroatoms. The van der Waals surface area contributed by atoms with E-state index in [1.54, 1.807) is 13.0 Å². The van der Waals surface area contributed by atoms with Crippen LogP contribution in [0.15, 0.2) is 24.3 Å². The fourth-order valence-electron chi connectivity index (χ4n) is 1.23. The van der Waals surface area contributed by atoms with Gasteiger partial charge in [0, 0.05) is 6.42 Å². The molecule has 0 spiro atoms. The molecule has 1 aromatic rings. The highest BCUT2D eigenvalue weighted by molar-refractivity contribution is 5.75. The van der Waals surface area contributed by atoms with Gasteiger partial charge in [-0.15, -0.1) is 0 Å².